The molecule has 1 atom stereocenters. The van der Waals surface area contributed by atoms with Gasteiger partial charge in [0.2, 0.25) is 0 Å². The van der Waals surface area contributed by atoms with Crippen LogP contribution >= 0.6 is 15.9 Å². The van der Waals surface area contributed by atoms with Crippen LogP contribution < -0.4 is 4.90 Å². The number of hydrogen-bond donors (Lipinski definition) is 0. The highest BCUT2D eigenvalue weighted by Gasteiger charge is 2.38. The van der Waals surface area contributed by atoms with Crippen molar-refractivity contribution in [1.82, 2.24) is 0 Å². The van der Waals surface area contributed by atoms with E-state index < -0.39 is 17.5 Å². The van der Waals surface area contributed by atoms with Gasteiger partial charge in [0.25, 0.3) is 11.7 Å². The molecule has 1 aromatic carbocycles. The summed E-state index contributed by atoms with van der Waals surface area (Å²) in [5, 5.41) is 0. The van der Waals surface area contributed by atoms with E-state index in [1.54, 1.807) is 0 Å². The average molecular weight is 342 g/mol. The van der Waals surface area contributed by atoms with Crippen molar-refractivity contribution in [3.05, 3.63) is 28.0 Å². The Morgan fingerprint density at radius 3 is 2.90 bits per heavy atom. The molecule has 3 rings (SSSR count). The SMILES string of the molecule is O=C1C(=O)N(CCC2CCCO2)c2c(Br)cc(F)cc21. The molecule has 6 heteroatoms. The Balaban J connectivity index is 1.85. The van der Waals surface area contributed by atoms with E-state index in [1.165, 1.54) is 11.0 Å². The molecule has 4 nitrogen and oxygen atoms in total. The summed E-state index contributed by atoms with van der Waals surface area (Å²) >= 11 is 3.23. The molecule has 1 aromatic rings. The summed E-state index contributed by atoms with van der Waals surface area (Å²) in [6.07, 6.45) is 2.83. The Hall–Kier alpha value is -1.27. The summed E-state index contributed by atoms with van der Waals surface area (Å²) in [4.78, 5) is 25.3. The lowest BCUT2D eigenvalue weighted by Crippen LogP contribution is -2.32. The zero-order valence-corrected chi connectivity index (χ0v) is 12.3. The van der Waals surface area contributed by atoms with Crippen LogP contribution in [0.2, 0.25) is 0 Å². The zero-order chi connectivity index (χ0) is 14.3. The number of ether oxygens (including phenoxy) is 1. The van der Waals surface area contributed by atoms with Crippen molar-refractivity contribution in [1.29, 1.82) is 0 Å². The summed E-state index contributed by atoms with van der Waals surface area (Å²) in [5.74, 6) is -1.77. The Labute approximate surface area is 124 Å². The fraction of sp³-hybridized carbons (Fsp3) is 0.429. The molecule has 0 aliphatic carbocycles. The molecule has 1 unspecified atom stereocenters. The number of ketones is 1. The summed E-state index contributed by atoms with van der Waals surface area (Å²) in [6, 6.07) is 2.39. The van der Waals surface area contributed by atoms with Gasteiger partial charge in [-0.15, -0.1) is 0 Å². The first-order valence-corrected chi connectivity index (χ1v) is 7.34. The van der Waals surface area contributed by atoms with E-state index in [0.29, 0.717) is 23.1 Å². The van der Waals surface area contributed by atoms with Gasteiger partial charge in [0.1, 0.15) is 5.82 Å². The molecule has 2 aliphatic rings. The third kappa shape index (κ3) is 2.27. The second-order valence-corrected chi connectivity index (χ2v) is 5.85. The quantitative estimate of drug-likeness (QED) is 0.794. The van der Waals surface area contributed by atoms with Gasteiger partial charge in [0, 0.05) is 17.6 Å². The molecule has 0 saturated carbocycles. The van der Waals surface area contributed by atoms with Gasteiger partial charge in [-0.05, 0) is 47.3 Å². The highest BCUT2D eigenvalue weighted by atomic mass is 79.9. The fourth-order valence-corrected chi connectivity index (χ4v) is 3.36. The minimum Gasteiger partial charge on any atom is -0.378 e. The lowest BCUT2D eigenvalue weighted by atomic mass is 10.1. The van der Waals surface area contributed by atoms with E-state index in [2.05, 4.69) is 15.9 Å². The number of amides is 1. The first-order chi connectivity index (χ1) is 9.58. The van der Waals surface area contributed by atoms with Crippen molar-refractivity contribution in [2.24, 2.45) is 0 Å². The van der Waals surface area contributed by atoms with Gasteiger partial charge in [0.15, 0.2) is 0 Å². The van der Waals surface area contributed by atoms with E-state index >= 15 is 0 Å². The number of hydrogen-bond acceptors (Lipinski definition) is 3. The van der Waals surface area contributed by atoms with Crippen LogP contribution in [-0.2, 0) is 9.53 Å². The second-order valence-electron chi connectivity index (χ2n) is 4.99. The van der Waals surface area contributed by atoms with E-state index in [9.17, 15) is 14.0 Å². The van der Waals surface area contributed by atoms with Crippen molar-refractivity contribution in [3.63, 3.8) is 0 Å². The monoisotopic (exact) mass is 341 g/mol. The first-order valence-electron chi connectivity index (χ1n) is 6.55. The minimum absolute atomic E-state index is 0.134. The lowest BCUT2D eigenvalue weighted by Gasteiger charge is -2.19. The van der Waals surface area contributed by atoms with Crippen LogP contribution in [0.25, 0.3) is 0 Å². The summed E-state index contributed by atoms with van der Waals surface area (Å²) in [6.45, 7) is 1.16. The van der Waals surface area contributed by atoms with Crippen LogP contribution in [0, 0.1) is 5.82 Å². The molecule has 2 aliphatic heterocycles. The summed E-state index contributed by atoms with van der Waals surface area (Å²) in [5.41, 5.74) is 0.605. The molecular weight excluding hydrogens is 329 g/mol. The highest BCUT2D eigenvalue weighted by molar-refractivity contribution is 9.10. The van der Waals surface area contributed by atoms with Gasteiger partial charge >= 0.3 is 0 Å². The van der Waals surface area contributed by atoms with E-state index in [0.717, 1.165) is 25.5 Å². The Bertz CT molecular complexity index is 584. The Morgan fingerprint density at radius 1 is 1.40 bits per heavy atom. The second kappa shape index (κ2) is 5.26. The largest absolute Gasteiger partial charge is 0.378 e. The maximum absolute atomic E-state index is 13.3. The Morgan fingerprint density at radius 2 is 2.20 bits per heavy atom. The molecule has 20 heavy (non-hydrogen) atoms. The zero-order valence-electron chi connectivity index (χ0n) is 10.7. The van der Waals surface area contributed by atoms with Crippen LogP contribution in [0.15, 0.2) is 16.6 Å². The minimum atomic E-state index is -0.646. The van der Waals surface area contributed by atoms with Crippen LogP contribution in [-0.4, -0.2) is 30.9 Å². The van der Waals surface area contributed by atoms with Gasteiger partial charge in [-0.2, -0.15) is 0 Å². The van der Waals surface area contributed by atoms with E-state index in [4.69, 9.17) is 4.74 Å². The maximum atomic E-state index is 13.3. The highest BCUT2D eigenvalue weighted by Crippen LogP contribution is 2.37. The standard InChI is InChI=1S/C14H13BrFNO3/c15-11-7-8(16)6-10-12(11)17(14(19)13(10)18)4-3-9-2-1-5-20-9/h6-7,9H,1-5H2. The van der Waals surface area contributed by atoms with Crippen molar-refractivity contribution in [2.75, 3.05) is 18.1 Å². The molecule has 0 spiro atoms. The van der Waals surface area contributed by atoms with Gasteiger partial charge in [-0.1, -0.05) is 0 Å². The number of nitrogens with zero attached hydrogens (tertiary/aromatic N) is 1. The van der Waals surface area contributed by atoms with Gasteiger partial charge in [-0.3, -0.25) is 9.59 Å². The van der Waals surface area contributed by atoms with Crippen LogP contribution in [0.1, 0.15) is 29.6 Å². The molecule has 0 bridgehead atoms. The number of fused-ring (bicyclic) bond motifs is 1. The predicted octanol–water partition coefficient (Wildman–Crippen LogP) is 2.69. The third-order valence-electron chi connectivity index (χ3n) is 3.68. The maximum Gasteiger partial charge on any atom is 0.299 e. The fourth-order valence-electron chi connectivity index (χ4n) is 2.71. The van der Waals surface area contributed by atoms with E-state index in [-0.39, 0.29) is 11.7 Å². The Kier molecular flexibility index (Phi) is 3.60. The van der Waals surface area contributed by atoms with Crippen molar-refractivity contribution in [2.45, 2.75) is 25.4 Å². The third-order valence-corrected chi connectivity index (χ3v) is 4.29. The number of carbonyl (C=O) groups excluding carboxylic acids is 2. The molecule has 0 radical (unpaired) electrons. The summed E-state index contributed by atoms with van der Waals surface area (Å²) < 4.78 is 19.3. The first kappa shape index (κ1) is 13.7. The number of anilines is 1. The molecule has 1 amide bonds. The molecule has 1 fully saturated rings. The molecule has 106 valence electrons. The molecule has 1 saturated heterocycles. The van der Waals surface area contributed by atoms with Gasteiger partial charge in [-0.25, -0.2) is 4.39 Å². The molecule has 0 aromatic heterocycles. The topological polar surface area (TPSA) is 46.6 Å². The van der Waals surface area contributed by atoms with Gasteiger partial charge < -0.3 is 9.64 Å². The molecule has 0 N–H and O–H groups in total. The normalized spacial score (nSPS) is 21.7. The van der Waals surface area contributed by atoms with Crippen molar-refractivity contribution in [3.8, 4) is 0 Å². The number of Topliss-reactive ketones (excluding diaryl/α,β-unsaturated/α-hetero) is 1. The smallest absolute Gasteiger partial charge is 0.299 e. The van der Waals surface area contributed by atoms with E-state index in [1.807, 2.05) is 0 Å². The number of halogens is 2. The number of rotatable bonds is 3. The molecule has 2 heterocycles. The van der Waals surface area contributed by atoms with Crippen LogP contribution in [0.3, 0.4) is 0 Å². The number of benzene rings is 1. The van der Waals surface area contributed by atoms with Gasteiger partial charge in [0.05, 0.1) is 17.4 Å². The van der Waals surface area contributed by atoms with Crippen molar-refractivity contribution < 1.29 is 18.7 Å². The van der Waals surface area contributed by atoms with Crippen molar-refractivity contribution >= 4 is 33.3 Å². The predicted molar refractivity (Wildman–Crippen MR) is 74.4 cm³/mol. The summed E-state index contributed by atoms with van der Waals surface area (Å²) in [7, 11) is 0. The lowest BCUT2D eigenvalue weighted by molar-refractivity contribution is -0.114. The average Bonchev–Trinajstić information content (AvgIpc) is 2.98. The van der Waals surface area contributed by atoms with Crippen LogP contribution in [0.4, 0.5) is 10.1 Å². The molecular formula is C14H13BrFNO3. The number of carbonyl (C=O) groups is 2. The van der Waals surface area contributed by atoms with Crippen LogP contribution in [0.5, 0.6) is 0 Å².